The summed E-state index contributed by atoms with van der Waals surface area (Å²) in [7, 11) is 1.51. The van der Waals surface area contributed by atoms with E-state index in [1.807, 2.05) is 102 Å². The maximum Gasteiger partial charge on any atom is 0.255 e. The number of halogens is 1. The lowest BCUT2D eigenvalue weighted by Crippen LogP contribution is -2.49. The van der Waals surface area contributed by atoms with Gasteiger partial charge >= 0.3 is 0 Å². The Morgan fingerprint density at radius 3 is 2.04 bits per heavy atom. The number of nitrogens with zero attached hydrogens (tertiary/aromatic N) is 2. The van der Waals surface area contributed by atoms with E-state index in [-0.39, 0.29) is 36.2 Å². The average molecular weight is 644 g/mol. The average Bonchev–Trinajstić information content (AvgIpc) is 3.49. The predicted molar refractivity (Wildman–Crippen MR) is 182 cm³/mol. The molecule has 242 valence electrons. The minimum Gasteiger partial charge on any atom is -0.493 e. The zero-order valence-corrected chi connectivity index (χ0v) is 26.6. The van der Waals surface area contributed by atoms with Gasteiger partial charge in [0.05, 0.1) is 42.5 Å². The van der Waals surface area contributed by atoms with Gasteiger partial charge in [0.25, 0.3) is 5.91 Å². The Bertz CT molecular complexity index is 2060. The van der Waals surface area contributed by atoms with Gasteiger partial charge in [-0.2, -0.15) is 0 Å². The molecule has 2 heterocycles. The number of amides is 1. The summed E-state index contributed by atoms with van der Waals surface area (Å²) in [5.41, 5.74) is 3.92. The van der Waals surface area contributed by atoms with E-state index in [2.05, 4.69) is 5.32 Å². The molecule has 0 unspecified atom stereocenters. The quantitative estimate of drug-likeness (QED) is 0.154. The highest BCUT2D eigenvalue weighted by atomic mass is 19.1. The number of hydrogen-bond donors (Lipinski definition) is 1. The predicted octanol–water partition coefficient (Wildman–Crippen LogP) is 8.01. The van der Waals surface area contributed by atoms with Crippen LogP contribution in [0.5, 0.6) is 17.2 Å². The molecular formula is C39H34FN3O5. The van der Waals surface area contributed by atoms with Crippen LogP contribution in [0, 0.1) is 5.82 Å². The lowest BCUT2D eigenvalue weighted by atomic mass is 9.98. The first-order valence-corrected chi connectivity index (χ1v) is 15.6. The first-order chi connectivity index (χ1) is 23.4. The molecule has 1 aliphatic heterocycles. The van der Waals surface area contributed by atoms with Crippen LogP contribution in [0.3, 0.4) is 0 Å². The van der Waals surface area contributed by atoms with Gasteiger partial charge in [-0.1, -0.05) is 78.9 Å². The number of imidazole rings is 1. The third kappa shape index (κ3) is 6.08. The number of carbonyl (C=O) groups excluding carboxylic acids is 1. The van der Waals surface area contributed by atoms with Crippen molar-refractivity contribution in [3.63, 3.8) is 0 Å². The van der Waals surface area contributed by atoms with E-state index in [1.54, 1.807) is 24.3 Å². The number of nitrogens with one attached hydrogen (secondary N) is 1. The third-order valence-electron chi connectivity index (χ3n) is 8.37. The van der Waals surface area contributed by atoms with Gasteiger partial charge in [-0.3, -0.25) is 4.79 Å². The summed E-state index contributed by atoms with van der Waals surface area (Å²) in [5.74, 6) is -0.116. The summed E-state index contributed by atoms with van der Waals surface area (Å²) in [6.45, 7) is 3.19. The molecule has 0 aliphatic carbocycles. The Morgan fingerprint density at radius 1 is 0.854 bits per heavy atom. The number of methoxy groups -OCH3 is 1. The number of aromatic nitrogens is 2. The van der Waals surface area contributed by atoms with Gasteiger partial charge in [0.15, 0.2) is 11.6 Å². The molecule has 1 aliphatic rings. The summed E-state index contributed by atoms with van der Waals surface area (Å²) in [5, 5.41) is 2.95. The van der Waals surface area contributed by atoms with Crippen LogP contribution in [-0.2, 0) is 23.5 Å². The highest BCUT2D eigenvalue weighted by Crippen LogP contribution is 2.47. The van der Waals surface area contributed by atoms with E-state index in [9.17, 15) is 4.79 Å². The second-order valence-electron chi connectivity index (χ2n) is 11.9. The summed E-state index contributed by atoms with van der Waals surface area (Å²) < 4.78 is 42.9. The first kappa shape index (κ1) is 31.0. The van der Waals surface area contributed by atoms with Gasteiger partial charge in [0, 0.05) is 11.3 Å². The summed E-state index contributed by atoms with van der Waals surface area (Å²) in [6.07, 6.45) is 0. The van der Waals surface area contributed by atoms with Crippen molar-refractivity contribution < 1.29 is 28.1 Å². The van der Waals surface area contributed by atoms with Crippen molar-refractivity contribution >= 4 is 22.6 Å². The van der Waals surface area contributed by atoms with Crippen molar-refractivity contribution in [2.75, 3.05) is 25.6 Å². The first-order valence-electron chi connectivity index (χ1n) is 15.6. The molecule has 8 nitrogen and oxygen atoms in total. The van der Waals surface area contributed by atoms with Crippen LogP contribution < -0.4 is 19.5 Å². The monoisotopic (exact) mass is 643 g/mol. The van der Waals surface area contributed by atoms with Crippen LogP contribution in [0.4, 0.5) is 10.1 Å². The molecule has 6 aromatic rings. The highest BCUT2D eigenvalue weighted by molar-refractivity contribution is 6.05. The van der Waals surface area contributed by atoms with Crippen molar-refractivity contribution in [1.82, 2.24) is 9.55 Å². The Labute approximate surface area is 277 Å². The molecule has 1 fully saturated rings. The van der Waals surface area contributed by atoms with Crippen molar-refractivity contribution in [2.24, 2.45) is 0 Å². The van der Waals surface area contributed by atoms with Gasteiger partial charge in [-0.05, 0) is 54.4 Å². The number of hydrogen-bond acceptors (Lipinski definition) is 6. The van der Waals surface area contributed by atoms with Crippen LogP contribution >= 0.6 is 0 Å². The maximum atomic E-state index is 17.0. The van der Waals surface area contributed by atoms with E-state index in [4.69, 9.17) is 23.9 Å². The Hall–Kier alpha value is -5.67. The number of rotatable bonds is 11. The normalized spacial score (nSPS) is 13.5. The van der Waals surface area contributed by atoms with Crippen molar-refractivity contribution in [1.29, 1.82) is 0 Å². The number of anilines is 1. The van der Waals surface area contributed by atoms with Crippen molar-refractivity contribution in [2.45, 2.75) is 25.7 Å². The second kappa shape index (κ2) is 13.2. The SMILES string of the molecule is COc1cc(-c2nc3cc(NC(=O)c4ccccc4)ccc3n2C2(C)COC2)c(F)c(OCc2ccccc2)c1OCc1ccccc1. The Morgan fingerprint density at radius 2 is 1.46 bits per heavy atom. The maximum absolute atomic E-state index is 17.0. The Kier molecular flexibility index (Phi) is 8.52. The number of ether oxygens (including phenoxy) is 4. The van der Waals surface area contributed by atoms with E-state index < -0.39 is 11.4 Å². The topological polar surface area (TPSA) is 83.8 Å². The molecule has 5 aromatic carbocycles. The molecule has 48 heavy (non-hydrogen) atoms. The van der Waals surface area contributed by atoms with Gasteiger partial charge in [-0.15, -0.1) is 0 Å². The molecule has 7 rings (SSSR count). The highest BCUT2D eigenvalue weighted by Gasteiger charge is 2.40. The molecular weight excluding hydrogens is 609 g/mol. The zero-order valence-electron chi connectivity index (χ0n) is 26.6. The summed E-state index contributed by atoms with van der Waals surface area (Å²) in [6, 6.07) is 35.2. The molecule has 9 heteroatoms. The second-order valence-corrected chi connectivity index (χ2v) is 11.9. The molecule has 0 spiro atoms. The van der Waals surface area contributed by atoms with Crippen LogP contribution in [0.1, 0.15) is 28.4 Å². The van der Waals surface area contributed by atoms with Crippen LogP contribution in [0.2, 0.25) is 0 Å². The lowest BCUT2D eigenvalue weighted by Gasteiger charge is -2.40. The van der Waals surface area contributed by atoms with Crippen LogP contribution in [0.25, 0.3) is 22.4 Å². The number of benzene rings is 5. The fourth-order valence-electron chi connectivity index (χ4n) is 5.84. The molecule has 0 saturated carbocycles. The molecule has 1 N–H and O–H groups in total. The van der Waals surface area contributed by atoms with Crippen molar-refractivity contribution in [3.8, 4) is 28.6 Å². The minimum atomic E-state index is -0.632. The molecule has 1 saturated heterocycles. The standard InChI is InChI=1S/C39H34FN3O5/c1-39(24-46-25-39)43-32-19-18-29(41-38(44)28-16-10-5-11-17-28)20-31(32)42-37(43)30-21-33(45-2)35(47-22-26-12-6-3-7-13-26)36(34(30)40)48-23-27-14-8-4-9-15-27/h3-21H,22-25H2,1-2H3,(H,41,44). The Balaban J connectivity index is 1.33. The van der Waals surface area contributed by atoms with Crippen LogP contribution in [0.15, 0.2) is 115 Å². The van der Waals surface area contributed by atoms with Gasteiger partial charge in [0.2, 0.25) is 11.5 Å². The largest absolute Gasteiger partial charge is 0.493 e. The number of carbonyl (C=O) groups is 1. The van der Waals surface area contributed by atoms with Gasteiger partial charge in [-0.25, -0.2) is 9.37 Å². The minimum absolute atomic E-state index is 0.0754. The molecule has 1 amide bonds. The van der Waals surface area contributed by atoms with Gasteiger partial charge < -0.3 is 28.8 Å². The smallest absolute Gasteiger partial charge is 0.255 e. The van der Waals surface area contributed by atoms with Gasteiger partial charge in [0.1, 0.15) is 19.0 Å². The molecule has 0 radical (unpaired) electrons. The van der Waals surface area contributed by atoms with Crippen LogP contribution in [-0.4, -0.2) is 35.8 Å². The van der Waals surface area contributed by atoms with E-state index >= 15 is 4.39 Å². The number of fused-ring (bicyclic) bond motifs is 1. The fourth-order valence-corrected chi connectivity index (χ4v) is 5.84. The van der Waals surface area contributed by atoms with E-state index in [0.717, 1.165) is 16.6 Å². The summed E-state index contributed by atoms with van der Waals surface area (Å²) in [4.78, 5) is 17.9. The summed E-state index contributed by atoms with van der Waals surface area (Å²) >= 11 is 0. The molecule has 0 atom stereocenters. The lowest BCUT2D eigenvalue weighted by molar-refractivity contribution is -0.0868. The molecule has 0 bridgehead atoms. The van der Waals surface area contributed by atoms with E-state index in [1.165, 1.54) is 7.11 Å². The molecule has 1 aromatic heterocycles. The third-order valence-corrected chi connectivity index (χ3v) is 8.37. The van der Waals surface area contributed by atoms with E-state index in [0.29, 0.717) is 41.6 Å². The van der Waals surface area contributed by atoms with Crippen molar-refractivity contribution in [3.05, 3.63) is 138 Å². The zero-order chi connectivity index (χ0) is 33.1. The fraction of sp³-hybridized carbons (Fsp3) is 0.179.